The molecule has 0 aliphatic carbocycles. The van der Waals surface area contributed by atoms with E-state index < -0.39 is 11.9 Å². The number of ether oxygens (including phenoxy) is 4. The van der Waals surface area contributed by atoms with Crippen LogP contribution in [0.1, 0.15) is 20.7 Å². The topological polar surface area (TPSA) is 96.8 Å². The Hall–Kier alpha value is -3.62. The molecule has 43 heavy (non-hydrogen) atoms. The number of nitrogens with zero attached hydrogens (tertiary/aromatic N) is 2. The van der Waals surface area contributed by atoms with Crippen LogP contribution in [0.4, 0.5) is 0 Å². The number of carbonyl (C=O) groups is 2. The summed E-state index contributed by atoms with van der Waals surface area (Å²) in [7, 11) is 2.67. The minimum Gasteiger partial charge on any atom is -0.465 e. The Morgan fingerprint density at radius 2 is 1.00 bits per heavy atom. The maximum absolute atomic E-state index is 12.1. The Morgan fingerprint density at radius 3 is 1.33 bits per heavy atom. The lowest BCUT2D eigenvalue weighted by Crippen LogP contribution is -2.01. The van der Waals surface area contributed by atoms with Gasteiger partial charge in [-0.15, -0.1) is 22.7 Å². The second kappa shape index (κ2) is 12.5. The predicted molar refractivity (Wildman–Crippen MR) is 175 cm³/mol. The van der Waals surface area contributed by atoms with E-state index in [1.165, 1.54) is 36.9 Å². The molecule has 0 fully saturated rings. The van der Waals surface area contributed by atoms with Gasteiger partial charge in [0.25, 0.3) is 0 Å². The Bertz CT molecular complexity index is 1830. The van der Waals surface area contributed by atoms with Crippen LogP contribution in [0.15, 0.2) is 80.4 Å². The quantitative estimate of drug-likeness (QED) is 0.142. The highest BCUT2D eigenvalue weighted by Gasteiger charge is 2.29. The Morgan fingerprint density at radius 1 is 0.605 bits per heavy atom. The number of fused-ring (bicyclic) bond motifs is 1. The van der Waals surface area contributed by atoms with Gasteiger partial charge in [-0.25, -0.2) is 9.59 Å². The molecule has 0 bridgehead atoms. The maximum atomic E-state index is 12.1. The van der Waals surface area contributed by atoms with Gasteiger partial charge < -0.3 is 18.9 Å². The standard InChI is InChI=1S/C30H18Br2N2O6S3/c1-37-29(35)15-3-7-17(8-4-15)39-27-23(19-11-13-21(31)41-19)25-26(34-43-33-25)24(20-12-14-22(32)42-20)28(27)40-18-9-5-16(6-10-18)30(36)38-2/h3-14H,1-2H3. The van der Waals surface area contributed by atoms with E-state index in [1.807, 2.05) is 24.3 Å². The fraction of sp³-hybridized carbons (Fsp3) is 0.0667. The maximum Gasteiger partial charge on any atom is 0.337 e. The number of thiophene rings is 2. The largest absolute Gasteiger partial charge is 0.465 e. The molecule has 3 heterocycles. The second-order valence-electron chi connectivity index (χ2n) is 8.81. The third-order valence-corrected chi connectivity index (χ3v) is 10.1. The van der Waals surface area contributed by atoms with Gasteiger partial charge in [0.1, 0.15) is 22.5 Å². The van der Waals surface area contributed by atoms with Gasteiger partial charge in [0.05, 0.1) is 55.8 Å². The molecule has 0 aliphatic rings. The molecule has 0 unspecified atom stereocenters. The molecular formula is C30H18Br2N2O6S3. The molecule has 0 atom stereocenters. The molecule has 0 radical (unpaired) electrons. The van der Waals surface area contributed by atoms with Gasteiger partial charge in [-0.05, 0) is 105 Å². The number of esters is 2. The van der Waals surface area contributed by atoms with E-state index in [2.05, 4.69) is 31.9 Å². The van der Waals surface area contributed by atoms with E-state index >= 15 is 0 Å². The van der Waals surface area contributed by atoms with Crippen LogP contribution in [0.5, 0.6) is 23.0 Å². The summed E-state index contributed by atoms with van der Waals surface area (Å²) in [5, 5.41) is 0. The Kier molecular flexibility index (Phi) is 8.59. The molecule has 0 saturated heterocycles. The summed E-state index contributed by atoms with van der Waals surface area (Å²) in [6.45, 7) is 0. The molecule has 0 amide bonds. The molecule has 13 heteroatoms. The highest BCUT2D eigenvalue weighted by molar-refractivity contribution is 9.11. The third kappa shape index (κ3) is 5.95. The predicted octanol–water partition coefficient (Wildman–Crippen LogP) is 9.83. The highest BCUT2D eigenvalue weighted by Crippen LogP contribution is 2.55. The number of hydrogen-bond donors (Lipinski definition) is 0. The van der Waals surface area contributed by atoms with Crippen LogP contribution in [-0.4, -0.2) is 34.9 Å². The fourth-order valence-corrected chi connectivity index (χ4v) is 7.72. The zero-order valence-corrected chi connectivity index (χ0v) is 27.9. The van der Waals surface area contributed by atoms with Gasteiger partial charge >= 0.3 is 11.9 Å². The van der Waals surface area contributed by atoms with E-state index in [0.717, 1.165) is 29.1 Å². The van der Waals surface area contributed by atoms with Crippen LogP contribution in [0, 0.1) is 0 Å². The first-order valence-corrected chi connectivity index (χ1v) is 16.4. The van der Waals surface area contributed by atoms with Crippen LogP contribution >= 0.6 is 66.3 Å². The number of rotatable bonds is 8. The lowest BCUT2D eigenvalue weighted by Gasteiger charge is -2.20. The smallest absolute Gasteiger partial charge is 0.337 e. The SMILES string of the molecule is COC(=O)c1ccc(Oc2c(Oc3ccc(C(=O)OC)cc3)c(-c3ccc(Br)s3)c3nsnc3c2-c2ccc(Br)s2)cc1. The van der Waals surface area contributed by atoms with E-state index in [1.54, 1.807) is 48.5 Å². The normalized spacial score (nSPS) is 11.0. The van der Waals surface area contributed by atoms with Gasteiger partial charge in [-0.1, -0.05) is 0 Å². The molecule has 216 valence electrons. The van der Waals surface area contributed by atoms with Crippen molar-refractivity contribution in [2.45, 2.75) is 0 Å². The molecule has 6 aromatic rings. The summed E-state index contributed by atoms with van der Waals surface area (Å²) in [5.74, 6) is 0.868. The number of carbonyl (C=O) groups excluding carboxylic acids is 2. The number of methoxy groups -OCH3 is 2. The van der Waals surface area contributed by atoms with Crippen LogP contribution in [0.2, 0.25) is 0 Å². The molecule has 0 aliphatic heterocycles. The molecule has 0 N–H and O–H groups in total. The first-order chi connectivity index (χ1) is 20.9. The Labute approximate surface area is 274 Å². The monoisotopic (exact) mass is 756 g/mol. The highest BCUT2D eigenvalue weighted by atomic mass is 79.9. The van der Waals surface area contributed by atoms with Crippen LogP contribution < -0.4 is 9.47 Å². The molecule has 3 aromatic carbocycles. The molecular weight excluding hydrogens is 740 g/mol. The lowest BCUT2D eigenvalue weighted by atomic mass is 10.0. The van der Waals surface area contributed by atoms with Gasteiger partial charge in [-0.3, -0.25) is 0 Å². The number of halogens is 2. The van der Waals surface area contributed by atoms with Gasteiger partial charge in [0.2, 0.25) is 0 Å². The van der Waals surface area contributed by atoms with E-state index in [9.17, 15) is 9.59 Å². The molecule has 0 spiro atoms. The summed E-state index contributed by atoms with van der Waals surface area (Å²) < 4.78 is 34.2. The fourth-order valence-electron chi connectivity index (χ4n) is 4.30. The lowest BCUT2D eigenvalue weighted by molar-refractivity contribution is 0.0592. The minimum absolute atomic E-state index is 0.391. The summed E-state index contributed by atoms with van der Waals surface area (Å²) >= 11 is 11.3. The molecule has 8 nitrogen and oxygen atoms in total. The first kappa shape index (κ1) is 29.5. The average Bonchev–Trinajstić information content (AvgIpc) is 3.79. The van der Waals surface area contributed by atoms with Crippen LogP contribution in [0.25, 0.3) is 31.9 Å². The van der Waals surface area contributed by atoms with E-state index in [-0.39, 0.29) is 0 Å². The summed E-state index contributed by atoms with van der Waals surface area (Å²) in [5.41, 5.74) is 3.52. The summed E-state index contributed by atoms with van der Waals surface area (Å²) in [6.07, 6.45) is 0. The molecule has 0 saturated carbocycles. The van der Waals surface area contributed by atoms with Crippen molar-refractivity contribution in [1.82, 2.24) is 8.75 Å². The van der Waals surface area contributed by atoms with E-state index in [0.29, 0.717) is 56.3 Å². The Balaban J connectivity index is 1.61. The van der Waals surface area contributed by atoms with Crippen molar-refractivity contribution in [3.05, 3.63) is 91.5 Å². The summed E-state index contributed by atoms with van der Waals surface area (Å²) in [4.78, 5) is 25.9. The van der Waals surface area contributed by atoms with Gasteiger partial charge in [0.15, 0.2) is 11.5 Å². The molecule has 6 rings (SSSR count). The number of hydrogen-bond acceptors (Lipinski definition) is 11. The number of aromatic nitrogens is 2. The first-order valence-electron chi connectivity index (χ1n) is 12.4. The molecule has 3 aromatic heterocycles. The van der Waals surface area contributed by atoms with Crippen LogP contribution in [-0.2, 0) is 9.47 Å². The van der Waals surface area contributed by atoms with Crippen molar-refractivity contribution >= 4 is 89.2 Å². The van der Waals surface area contributed by atoms with Crippen molar-refractivity contribution in [1.29, 1.82) is 0 Å². The zero-order chi connectivity index (χ0) is 30.1. The summed E-state index contributed by atoms with van der Waals surface area (Å²) in [6, 6.07) is 21.2. The third-order valence-electron chi connectivity index (χ3n) is 6.25. The zero-order valence-electron chi connectivity index (χ0n) is 22.3. The second-order valence-corrected chi connectivity index (χ2v) is 14.3. The van der Waals surface area contributed by atoms with Crippen molar-refractivity contribution in [3.8, 4) is 43.9 Å². The van der Waals surface area contributed by atoms with E-state index in [4.69, 9.17) is 27.7 Å². The van der Waals surface area contributed by atoms with Crippen molar-refractivity contribution < 1.29 is 28.5 Å². The number of benzene rings is 3. The van der Waals surface area contributed by atoms with Crippen molar-refractivity contribution in [2.24, 2.45) is 0 Å². The van der Waals surface area contributed by atoms with Crippen LogP contribution in [0.3, 0.4) is 0 Å². The van der Waals surface area contributed by atoms with Crippen molar-refractivity contribution in [3.63, 3.8) is 0 Å². The average molecular weight is 758 g/mol. The van der Waals surface area contributed by atoms with Gasteiger partial charge in [-0.2, -0.15) is 8.75 Å². The van der Waals surface area contributed by atoms with Gasteiger partial charge in [0, 0.05) is 9.75 Å². The minimum atomic E-state index is -0.448. The van der Waals surface area contributed by atoms with Crippen molar-refractivity contribution in [2.75, 3.05) is 14.2 Å².